The summed E-state index contributed by atoms with van der Waals surface area (Å²) in [5.74, 6) is -2.30. The van der Waals surface area contributed by atoms with E-state index in [0.29, 0.717) is 5.75 Å². The van der Waals surface area contributed by atoms with Crippen LogP contribution in [0.15, 0.2) is 0 Å². The second kappa shape index (κ2) is 8.76. The van der Waals surface area contributed by atoms with Gasteiger partial charge in [-0.3, -0.25) is 4.79 Å². The molecule has 7 nitrogen and oxygen atoms in total. The van der Waals surface area contributed by atoms with Gasteiger partial charge in [0.25, 0.3) is 0 Å². The van der Waals surface area contributed by atoms with Gasteiger partial charge >= 0.3 is 11.9 Å². The Morgan fingerprint density at radius 2 is 2.06 bits per heavy atom. The molecule has 1 unspecified atom stereocenters. The third-order valence-electron chi connectivity index (χ3n) is 2.05. The van der Waals surface area contributed by atoms with Gasteiger partial charge in [0.1, 0.15) is 6.04 Å². The summed E-state index contributed by atoms with van der Waals surface area (Å²) in [5.41, 5.74) is 5.34. The molecule has 0 radical (unpaired) electrons. The lowest BCUT2D eigenvalue weighted by atomic mass is 10.2. The van der Waals surface area contributed by atoms with Gasteiger partial charge in [-0.15, -0.1) is 0 Å². The van der Waals surface area contributed by atoms with Gasteiger partial charge in [0.05, 0.1) is 6.61 Å². The van der Waals surface area contributed by atoms with Crippen LogP contribution in [0.5, 0.6) is 0 Å². The van der Waals surface area contributed by atoms with E-state index in [4.69, 9.17) is 10.8 Å². The summed E-state index contributed by atoms with van der Waals surface area (Å²) in [4.78, 5) is 33.6. The Morgan fingerprint density at radius 3 is 2.50 bits per heavy atom. The van der Waals surface area contributed by atoms with Crippen molar-refractivity contribution in [1.82, 2.24) is 5.32 Å². The molecule has 0 aliphatic rings. The van der Waals surface area contributed by atoms with Crippen LogP contribution in [0, 0.1) is 0 Å². The highest BCUT2D eigenvalue weighted by Gasteiger charge is 2.27. The normalized spacial score (nSPS) is 13.5. The maximum absolute atomic E-state index is 11.5. The number of nitrogens with two attached hydrogens (primary N) is 1. The number of amides is 1. The minimum absolute atomic E-state index is 0.106. The number of esters is 1. The number of hydrogen-bond donors (Lipinski definition) is 3. The summed E-state index contributed by atoms with van der Waals surface area (Å²) in [6.45, 7) is 1.69. The van der Waals surface area contributed by atoms with Crippen LogP contribution in [-0.2, 0) is 19.1 Å². The molecule has 0 saturated carbocycles. The zero-order chi connectivity index (χ0) is 14.1. The van der Waals surface area contributed by atoms with Crippen molar-refractivity contribution in [3.63, 3.8) is 0 Å². The quantitative estimate of drug-likeness (QED) is 0.393. The molecule has 0 rings (SSSR count). The highest BCUT2D eigenvalue weighted by molar-refractivity contribution is 7.98. The maximum atomic E-state index is 11.5. The maximum Gasteiger partial charge on any atom is 0.332 e. The van der Waals surface area contributed by atoms with Crippen LogP contribution in [0.25, 0.3) is 0 Å². The van der Waals surface area contributed by atoms with Crippen LogP contribution in [0.4, 0.5) is 0 Å². The van der Waals surface area contributed by atoms with E-state index in [1.807, 2.05) is 6.26 Å². The molecule has 0 saturated heterocycles. The van der Waals surface area contributed by atoms with E-state index in [1.165, 1.54) is 11.8 Å². The van der Waals surface area contributed by atoms with E-state index in [1.54, 1.807) is 6.92 Å². The molecule has 0 aromatic rings. The zero-order valence-corrected chi connectivity index (χ0v) is 11.2. The third kappa shape index (κ3) is 5.87. The molecule has 0 spiro atoms. The van der Waals surface area contributed by atoms with Crippen molar-refractivity contribution in [2.75, 3.05) is 18.6 Å². The second-order valence-electron chi connectivity index (χ2n) is 3.41. The zero-order valence-electron chi connectivity index (χ0n) is 10.3. The smallest absolute Gasteiger partial charge is 0.332 e. The van der Waals surface area contributed by atoms with Crippen LogP contribution in [0.1, 0.15) is 13.3 Å². The van der Waals surface area contributed by atoms with Crippen LogP contribution in [0.2, 0.25) is 0 Å². The third-order valence-corrected chi connectivity index (χ3v) is 2.69. The minimum Gasteiger partial charge on any atom is -0.480 e. The summed E-state index contributed by atoms with van der Waals surface area (Å²) in [5, 5.41) is 11.1. The van der Waals surface area contributed by atoms with E-state index < -0.39 is 29.9 Å². The Morgan fingerprint density at radius 1 is 1.44 bits per heavy atom. The summed E-state index contributed by atoms with van der Waals surface area (Å²) < 4.78 is 4.57. The van der Waals surface area contributed by atoms with Crippen LogP contribution in [-0.4, -0.2) is 53.7 Å². The fourth-order valence-electron chi connectivity index (χ4n) is 1.09. The standard InChI is InChI=1S/C10H18N2O5S/c1-3-17-10(16)7(11)8(13)12-6(9(14)15)4-5-18-2/h6-7H,3-5,11H2,1-2H3,(H,12,13)(H,14,15)/t6-,7?/m0/s1. The summed E-state index contributed by atoms with van der Waals surface area (Å²) >= 11 is 1.46. The van der Waals surface area contributed by atoms with E-state index in [0.717, 1.165) is 0 Å². The van der Waals surface area contributed by atoms with Crippen molar-refractivity contribution in [3.05, 3.63) is 0 Å². The number of hydrogen-bond acceptors (Lipinski definition) is 6. The Labute approximate surface area is 109 Å². The number of carboxylic acid groups (broad SMARTS) is 1. The molecule has 1 amide bonds. The number of rotatable bonds is 8. The number of thioether (sulfide) groups is 1. The number of nitrogens with one attached hydrogen (secondary N) is 1. The van der Waals surface area contributed by atoms with E-state index >= 15 is 0 Å². The molecule has 0 aliphatic heterocycles. The number of carbonyl (C=O) groups is 3. The molecule has 0 aromatic heterocycles. The molecule has 18 heavy (non-hydrogen) atoms. The van der Waals surface area contributed by atoms with Crippen molar-refractivity contribution in [2.45, 2.75) is 25.4 Å². The molecule has 0 fully saturated rings. The Hall–Kier alpha value is -1.28. The van der Waals surface area contributed by atoms with E-state index in [-0.39, 0.29) is 13.0 Å². The first-order valence-corrected chi connectivity index (χ1v) is 6.77. The van der Waals surface area contributed by atoms with Crippen molar-refractivity contribution in [3.8, 4) is 0 Å². The topological polar surface area (TPSA) is 119 Å². The van der Waals surface area contributed by atoms with Crippen LogP contribution in [0.3, 0.4) is 0 Å². The van der Waals surface area contributed by atoms with E-state index in [2.05, 4.69) is 10.1 Å². The number of carboxylic acids is 1. The van der Waals surface area contributed by atoms with Crippen LogP contribution < -0.4 is 11.1 Å². The molecule has 2 atom stereocenters. The highest BCUT2D eigenvalue weighted by atomic mass is 32.2. The number of aliphatic carboxylic acids is 1. The molecule has 0 heterocycles. The van der Waals surface area contributed by atoms with E-state index in [9.17, 15) is 14.4 Å². The van der Waals surface area contributed by atoms with Crippen molar-refractivity contribution >= 4 is 29.6 Å². The van der Waals surface area contributed by atoms with Crippen molar-refractivity contribution in [2.24, 2.45) is 5.73 Å². The van der Waals surface area contributed by atoms with Gasteiger partial charge in [-0.25, -0.2) is 9.59 Å². The fraction of sp³-hybridized carbons (Fsp3) is 0.700. The summed E-state index contributed by atoms with van der Waals surface area (Å²) in [7, 11) is 0. The lowest BCUT2D eigenvalue weighted by Crippen LogP contribution is -2.52. The molecule has 0 bridgehead atoms. The molecule has 8 heteroatoms. The van der Waals surface area contributed by atoms with Gasteiger partial charge in [-0.05, 0) is 25.4 Å². The summed E-state index contributed by atoms with van der Waals surface area (Å²) in [6.07, 6.45) is 2.09. The molecule has 104 valence electrons. The molecule has 0 aliphatic carbocycles. The highest BCUT2D eigenvalue weighted by Crippen LogP contribution is 2.01. The SMILES string of the molecule is CCOC(=O)C(N)C(=O)N[C@@H](CCSC)C(=O)O. The van der Waals surface area contributed by atoms with Gasteiger partial charge in [-0.2, -0.15) is 11.8 Å². The van der Waals surface area contributed by atoms with Gasteiger partial charge in [-0.1, -0.05) is 0 Å². The lowest BCUT2D eigenvalue weighted by Gasteiger charge is -2.16. The average molecular weight is 278 g/mol. The minimum atomic E-state index is -1.50. The van der Waals surface area contributed by atoms with Gasteiger partial charge in [0.15, 0.2) is 6.04 Å². The molecule has 4 N–H and O–H groups in total. The van der Waals surface area contributed by atoms with Gasteiger partial charge in [0.2, 0.25) is 5.91 Å². The largest absolute Gasteiger partial charge is 0.480 e. The lowest BCUT2D eigenvalue weighted by molar-refractivity contribution is -0.150. The Balaban J connectivity index is 4.40. The first-order valence-electron chi connectivity index (χ1n) is 5.38. The van der Waals surface area contributed by atoms with Crippen molar-refractivity contribution < 1.29 is 24.2 Å². The first-order chi connectivity index (χ1) is 8.43. The molecular weight excluding hydrogens is 260 g/mol. The molecule has 0 aromatic carbocycles. The predicted molar refractivity (Wildman–Crippen MR) is 67.2 cm³/mol. The van der Waals surface area contributed by atoms with Gasteiger partial charge < -0.3 is 20.9 Å². The van der Waals surface area contributed by atoms with Gasteiger partial charge in [0, 0.05) is 0 Å². The summed E-state index contributed by atoms with van der Waals surface area (Å²) in [6, 6.07) is -2.55. The van der Waals surface area contributed by atoms with Crippen molar-refractivity contribution in [1.29, 1.82) is 0 Å². The second-order valence-corrected chi connectivity index (χ2v) is 4.40. The Kier molecular flexibility index (Phi) is 8.14. The Bertz CT molecular complexity index is 311. The number of ether oxygens (including phenoxy) is 1. The van der Waals surface area contributed by atoms with Crippen LogP contribution >= 0.6 is 11.8 Å². The number of carbonyl (C=O) groups excluding carboxylic acids is 2. The predicted octanol–water partition coefficient (Wildman–Crippen LogP) is -0.801. The first kappa shape index (κ1) is 16.7. The monoisotopic (exact) mass is 278 g/mol. The molecular formula is C10H18N2O5S. The fourth-order valence-corrected chi connectivity index (χ4v) is 1.57. The average Bonchev–Trinajstić information content (AvgIpc) is 2.33.